The van der Waals surface area contributed by atoms with Crippen LogP contribution in [0.1, 0.15) is 30.1 Å². The van der Waals surface area contributed by atoms with Crippen LogP contribution in [0.5, 0.6) is 0 Å². The van der Waals surface area contributed by atoms with Crippen LogP contribution in [0, 0.1) is 6.92 Å². The molecule has 3 nitrogen and oxygen atoms in total. The molecule has 0 spiro atoms. The molecule has 2 rings (SSSR count). The van der Waals surface area contributed by atoms with Crippen molar-refractivity contribution in [2.75, 3.05) is 32.1 Å². The summed E-state index contributed by atoms with van der Waals surface area (Å²) >= 11 is 0. The molecule has 1 aromatic rings. The Morgan fingerprint density at radius 2 is 1.94 bits per heavy atom. The van der Waals surface area contributed by atoms with Gasteiger partial charge in [-0.3, -0.25) is 4.98 Å². The molecule has 1 fully saturated rings. The zero-order valence-electron chi connectivity index (χ0n) is 10.5. The smallest absolute Gasteiger partial charge is 0.0459 e. The fourth-order valence-corrected chi connectivity index (χ4v) is 2.26. The standard InChI is InChI=1S/C13H21N3/c1-10-8-12(16(2)3)9-13(15-10)11-4-6-14-7-5-11/h8-9,11,14H,4-7H2,1-3H3. The first-order valence-corrected chi connectivity index (χ1v) is 6.03. The number of hydrogen-bond donors (Lipinski definition) is 1. The highest BCUT2D eigenvalue weighted by molar-refractivity contribution is 5.47. The van der Waals surface area contributed by atoms with Gasteiger partial charge < -0.3 is 10.2 Å². The highest BCUT2D eigenvalue weighted by Crippen LogP contribution is 2.26. The molecule has 0 amide bonds. The van der Waals surface area contributed by atoms with Crippen LogP contribution >= 0.6 is 0 Å². The van der Waals surface area contributed by atoms with Crippen LogP contribution in [0.15, 0.2) is 12.1 Å². The lowest BCUT2D eigenvalue weighted by Gasteiger charge is -2.24. The van der Waals surface area contributed by atoms with Crippen LogP contribution in [0.25, 0.3) is 0 Å². The number of aromatic nitrogens is 1. The first-order valence-electron chi connectivity index (χ1n) is 6.03. The van der Waals surface area contributed by atoms with Crippen LogP contribution < -0.4 is 10.2 Å². The number of pyridine rings is 1. The monoisotopic (exact) mass is 219 g/mol. The lowest BCUT2D eigenvalue weighted by molar-refractivity contribution is 0.453. The summed E-state index contributed by atoms with van der Waals surface area (Å²) in [4.78, 5) is 6.84. The number of aryl methyl sites for hydroxylation is 1. The highest BCUT2D eigenvalue weighted by atomic mass is 15.1. The van der Waals surface area contributed by atoms with Gasteiger partial charge in [-0.05, 0) is 45.0 Å². The molecule has 0 atom stereocenters. The molecule has 1 aromatic heterocycles. The van der Waals surface area contributed by atoms with E-state index < -0.39 is 0 Å². The molecular weight excluding hydrogens is 198 g/mol. The highest BCUT2D eigenvalue weighted by Gasteiger charge is 2.17. The molecule has 0 unspecified atom stereocenters. The Hall–Kier alpha value is -1.09. The van der Waals surface area contributed by atoms with Gasteiger partial charge in [-0.15, -0.1) is 0 Å². The minimum absolute atomic E-state index is 0.639. The number of nitrogens with zero attached hydrogens (tertiary/aromatic N) is 2. The van der Waals surface area contributed by atoms with E-state index in [-0.39, 0.29) is 0 Å². The maximum Gasteiger partial charge on any atom is 0.0459 e. The lowest BCUT2D eigenvalue weighted by atomic mass is 9.93. The Balaban J connectivity index is 2.25. The molecule has 3 heteroatoms. The maximum absolute atomic E-state index is 4.69. The van der Waals surface area contributed by atoms with Gasteiger partial charge in [-0.1, -0.05) is 0 Å². The SMILES string of the molecule is Cc1cc(N(C)C)cc(C2CCNCC2)n1. The molecule has 0 saturated carbocycles. The molecule has 88 valence electrons. The van der Waals surface area contributed by atoms with Crippen molar-refractivity contribution in [3.8, 4) is 0 Å². The average Bonchev–Trinajstić information content (AvgIpc) is 2.29. The largest absolute Gasteiger partial charge is 0.378 e. The van der Waals surface area contributed by atoms with Crippen molar-refractivity contribution >= 4 is 5.69 Å². The Kier molecular flexibility index (Phi) is 3.44. The third-order valence-corrected chi connectivity index (χ3v) is 3.23. The van der Waals surface area contributed by atoms with E-state index in [0.29, 0.717) is 5.92 Å². The molecule has 0 radical (unpaired) electrons. The molecule has 0 aliphatic carbocycles. The van der Waals surface area contributed by atoms with Gasteiger partial charge in [0.1, 0.15) is 0 Å². The number of hydrogen-bond acceptors (Lipinski definition) is 3. The van der Waals surface area contributed by atoms with Gasteiger partial charge in [0, 0.05) is 37.1 Å². The summed E-state index contributed by atoms with van der Waals surface area (Å²) in [6.45, 7) is 4.33. The summed E-state index contributed by atoms with van der Waals surface area (Å²) in [6.07, 6.45) is 2.42. The molecule has 0 aromatic carbocycles. The van der Waals surface area contributed by atoms with Crippen LogP contribution in [-0.4, -0.2) is 32.2 Å². The van der Waals surface area contributed by atoms with Gasteiger partial charge in [-0.25, -0.2) is 0 Å². The summed E-state index contributed by atoms with van der Waals surface area (Å²) in [5.41, 5.74) is 3.66. The van der Waals surface area contributed by atoms with Crippen molar-refractivity contribution in [1.29, 1.82) is 0 Å². The van der Waals surface area contributed by atoms with E-state index in [2.05, 4.69) is 48.4 Å². The average molecular weight is 219 g/mol. The Morgan fingerprint density at radius 1 is 1.25 bits per heavy atom. The minimum Gasteiger partial charge on any atom is -0.378 e. The quantitative estimate of drug-likeness (QED) is 0.823. The summed E-state index contributed by atoms with van der Waals surface area (Å²) in [6, 6.07) is 4.38. The fraction of sp³-hybridized carbons (Fsp3) is 0.615. The number of anilines is 1. The molecule has 1 aliphatic rings. The molecule has 2 heterocycles. The predicted octanol–water partition coefficient (Wildman–Crippen LogP) is 1.92. The lowest BCUT2D eigenvalue weighted by Crippen LogP contribution is -2.27. The van der Waals surface area contributed by atoms with Crippen molar-refractivity contribution in [3.63, 3.8) is 0 Å². The normalized spacial score (nSPS) is 17.4. The maximum atomic E-state index is 4.69. The Morgan fingerprint density at radius 3 is 2.56 bits per heavy atom. The van der Waals surface area contributed by atoms with E-state index in [1.165, 1.54) is 24.2 Å². The van der Waals surface area contributed by atoms with Crippen LogP contribution in [0.3, 0.4) is 0 Å². The number of rotatable bonds is 2. The molecule has 1 saturated heterocycles. The summed E-state index contributed by atoms with van der Waals surface area (Å²) < 4.78 is 0. The molecule has 1 N–H and O–H groups in total. The second-order valence-electron chi connectivity index (χ2n) is 4.81. The zero-order valence-corrected chi connectivity index (χ0v) is 10.5. The number of piperidine rings is 1. The summed E-state index contributed by atoms with van der Waals surface area (Å²) in [7, 11) is 4.17. The Bertz CT molecular complexity index is 354. The van der Waals surface area contributed by atoms with Gasteiger partial charge in [0.15, 0.2) is 0 Å². The Labute approximate surface area is 97.9 Å². The zero-order chi connectivity index (χ0) is 11.5. The van der Waals surface area contributed by atoms with Crippen molar-refractivity contribution in [3.05, 3.63) is 23.5 Å². The van der Waals surface area contributed by atoms with Crippen molar-refractivity contribution in [1.82, 2.24) is 10.3 Å². The topological polar surface area (TPSA) is 28.2 Å². The molecule has 0 bridgehead atoms. The summed E-state index contributed by atoms with van der Waals surface area (Å²) in [5, 5.41) is 3.40. The summed E-state index contributed by atoms with van der Waals surface area (Å²) in [5.74, 6) is 0.639. The first kappa shape index (κ1) is 11.4. The second-order valence-corrected chi connectivity index (χ2v) is 4.81. The fourth-order valence-electron chi connectivity index (χ4n) is 2.26. The van der Waals surface area contributed by atoms with Gasteiger partial charge >= 0.3 is 0 Å². The predicted molar refractivity (Wildman–Crippen MR) is 68.1 cm³/mol. The van der Waals surface area contributed by atoms with E-state index in [9.17, 15) is 0 Å². The van der Waals surface area contributed by atoms with Crippen molar-refractivity contribution < 1.29 is 0 Å². The van der Waals surface area contributed by atoms with Crippen LogP contribution in [-0.2, 0) is 0 Å². The van der Waals surface area contributed by atoms with E-state index in [1.807, 2.05) is 0 Å². The molecule has 16 heavy (non-hydrogen) atoms. The van der Waals surface area contributed by atoms with E-state index >= 15 is 0 Å². The van der Waals surface area contributed by atoms with Gasteiger partial charge in [0.05, 0.1) is 0 Å². The van der Waals surface area contributed by atoms with E-state index in [1.54, 1.807) is 0 Å². The van der Waals surface area contributed by atoms with Crippen molar-refractivity contribution in [2.45, 2.75) is 25.7 Å². The minimum atomic E-state index is 0.639. The number of nitrogens with one attached hydrogen (secondary N) is 1. The molecular formula is C13H21N3. The van der Waals surface area contributed by atoms with Gasteiger partial charge in [0.2, 0.25) is 0 Å². The van der Waals surface area contributed by atoms with Crippen LogP contribution in [0.2, 0.25) is 0 Å². The molecule has 1 aliphatic heterocycles. The van der Waals surface area contributed by atoms with Gasteiger partial charge in [-0.2, -0.15) is 0 Å². The third kappa shape index (κ3) is 2.53. The second kappa shape index (κ2) is 4.83. The first-order chi connectivity index (χ1) is 7.66. The van der Waals surface area contributed by atoms with E-state index in [0.717, 1.165) is 18.8 Å². The third-order valence-electron chi connectivity index (χ3n) is 3.23. The van der Waals surface area contributed by atoms with Crippen molar-refractivity contribution in [2.24, 2.45) is 0 Å². The van der Waals surface area contributed by atoms with Crippen LogP contribution in [0.4, 0.5) is 5.69 Å². The van der Waals surface area contributed by atoms with Gasteiger partial charge in [0.25, 0.3) is 0 Å². The van der Waals surface area contributed by atoms with E-state index in [4.69, 9.17) is 0 Å².